The molecule has 31 heavy (non-hydrogen) atoms. The van der Waals surface area contributed by atoms with Crippen LogP contribution in [0.15, 0.2) is 12.1 Å². The first-order valence-corrected chi connectivity index (χ1v) is 10.3. The summed E-state index contributed by atoms with van der Waals surface area (Å²) in [5, 5.41) is 18.8. The van der Waals surface area contributed by atoms with E-state index in [1.165, 1.54) is 4.90 Å². The molecular formula is C22H26F2N2O5. The predicted molar refractivity (Wildman–Crippen MR) is 105 cm³/mol. The first kappa shape index (κ1) is 22.8. The van der Waals surface area contributed by atoms with E-state index in [9.17, 15) is 23.5 Å². The molecule has 1 aliphatic heterocycles. The van der Waals surface area contributed by atoms with E-state index in [1.807, 2.05) is 0 Å². The highest BCUT2D eigenvalue weighted by molar-refractivity contribution is 5.80. The molecule has 1 amide bonds. The second kappa shape index (κ2) is 8.69. The molecule has 0 radical (unpaired) electrons. The number of carboxylic acids is 1. The minimum absolute atomic E-state index is 0.0394. The average molecular weight is 436 g/mol. The quantitative estimate of drug-likeness (QED) is 0.766. The number of aliphatic carboxylic acids is 1. The third kappa shape index (κ3) is 5.24. The summed E-state index contributed by atoms with van der Waals surface area (Å²) in [6.45, 7) is 5.43. The molecule has 168 valence electrons. The maximum Gasteiger partial charge on any atom is 0.411 e. The van der Waals surface area contributed by atoms with Gasteiger partial charge in [-0.25, -0.2) is 18.4 Å². The first-order chi connectivity index (χ1) is 14.5. The molecule has 1 saturated heterocycles. The predicted octanol–water partition coefficient (Wildman–Crippen LogP) is 4.09. The summed E-state index contributed by atoms with van der Waals surface area (Å²) in [6.07, 6.45) is 0.870. The molecule has 2 fully saturated rings. The number of nitrogens with zero attached hydrogens (tertiary/aromatic N) is 2. The molecule has 7 nitrogen and oxygen atoms in total. The SMILES string of the molecule is CC(C)(C)OC(=O)N1C[C@@H]2CC[C@H](Oc3cc(F)cc(F)c3C#N)C[C@H]2C[C@H]1C(=O)O. The monoisotopic (exact) mass is 436 g/mol. The second-order valence-corrected chi connectivity index (χ2v) is 9.17. The Hall–Kier alpha value is -2.89. The van der Waals surface area contributed by atoms with Crippen molar-refractivity contribution in [3.63, 3.8) is 0 Å². The van der Waals surface area contributed by atoms with Crippen LogP contribution in [0.3, 0.4) is 0 Å². The number of amides is 1. The topological polar surface area (TPSA) is 99.9 Å². The number of fused-ring (bicyclic) bond motifs is 1. The van der Waals surface area contributed by atoms with Crippen LogP contribution in [0.2, 0.25) is 0 Å². The highest BCUT2D eigenvalue weighted by Gasteiger charge is 2.45. The molecule has 9 heteroatoms. The third-order valence-corrected chi connectivity index (χ3v) is 5.76. The highest BCUT2D eigenvalue weighted by atomic mass is 19.1. The number of carboxylic acid groups (broad SMARTS) is 1. The lowest BCUT2D eigenvalue weighted by Crippen LogP contribution is -2.56. The largest absolute Gasteiger partial charge is 0.489 e. The number of carbonyl (C=O) groups excluding carboxylic acids is 1. The summed E-state index contributed by atoms with van der Waals surface area (Å²) in [4.78, 5) is 25.7. The minimum atomic E-state index is -1.11. The van der Waals surface area contributed by atoms with Gasteiger partial charge in [-0.2, -0.15) is 5.26 Å². The van der Waals surface area contributed by atoms with Gasteiger partial charge >= 0.3 is 12.1 Å². The maximum atomic E-state index is 13.9. The van der Waals surface area contributed by atoms with Crippen LogP contribution in [-0.4, -0.2) is 46.4 Å². The Bertz CT molecular complexity index is 908. The van der Waals surface area contributed by atoms with Gasteiger partial charge in [-0.05, 0) is 58.3 Å². The number of benzene rings is 1. The molecule has 1 aromatic carbocycles. The van der Waals surface area contributed by atoms with E-state index in [-0.39, 0.29) is 36.1 Å². The Morgan fingerprint density at radius 2 is 1.90 bits per heavy atom. The minimum Gasteiger partial charge on any atom is -0.489 e. The van der Waals surface area contributed by atoms with Crippen LogP contribution in [0, 0.1) is 34.8 Å². The molecule has 1 aliphatic carbocycles. The van der Waals surface area contributed by atoms with Crippen molar-refractivity contribution < 1.29 is 33.0 Å². The van der Waals surface area contributed by atoms with Gasteiger partial charge in [0, 0.05) is 18.7 Å². The molecule has 1 saturated carbocycles. The van der Waals surface area contributed by atoms with Crippen molar-refractivity contribution in [3.05, 3.63) is 29.3 Å². The molecule has 0 spiro atoms. The van der Waals surface area contributed by atoms with E-state index < -0.39 is 41.4 Å². The molecule has 0 aromatic heterocycles. The first-order valence-electron chi connectivity index (χ1n) is 10.3. The zero-order chi connectivity index (χ0) is 22.9. The fraction of sp³-hybridized carbons (Fsp3) is 0.591. The lowest BCUT2D eigenvalue weighted by molar-refractivity contribution is -0.147. The summed E-state index contributed by atoms with van der Waals surface area (Å²) in [6, 6.07) is 2.29. The number of hydrogen-bond acceptors (Lipinski definition) is 5. The van der Waals surface area contributed by atoms with Gasteiger partial charge in [0.05, 0.1) is 6.10 Å². The normalized spacial score (nSPS) is 25.9. The molecule has 3 rings (SSSR count). The van der Waals surface area contributed by atoms with Gasteiger partial charge in [-0.15, -0.1) is 0 Å². The van der Waals surface area contributed by atoms with Gasteiger partial charge in [0.15, 0.2) is 0 Å². The van der Waals surface area contributed by atoms with E-state index >= 15 is 0 Å². The second-order valence-electron chi connectivity index (χ2n) is 9.17. The Morgan fingerprint density at radius 1 is 1.19 bits per heavy atom. The molecular weight excluding hydrogens is 410 g/mol. The smallest absolute Gasteiger partial charge is 0.411 e. The maximum absolute atomic E-state index is 13.9. The van der Waals surface area contributed by atoms with E-state index in [2.05, 4.69) is 0 Å². The molecule has 0 bridgehead atoms. The summed E-state index contributed by atoms with van der Waals surface area (Å²) < 4.78 is 38.6. The van der Waals surface area contributed by atoms with Gasteiger partial charge in [-0.3, -0.25) is 4.90 Å². The van der Waals surface area contributed by atoms with Crippen molar-refractivity contribution in [1.82, 2.24) is 4.90 Å². The summed E-state index contributed by atoms with van der Waals surface area (Å²) in [5.74, 6) is -3.04. The van der Waals surface area contributed by atoms with Gasteiger partial charge in [-0.1, -0.05) is 0 Å². The standard InChI is InChI=1S/C22H26F2N2O5/c1-22(2,3)31-21(29)26-11-12-4-5-15(6-13(12)7-18(26)20(27)28)30-19-9-14(23)8-17(24)16(19)10-25/h8-9,12-13,15,18H,4-7,11H2,1-3H3,(H,27,28)/t12-,13-,15-,18-/m0/s1. The zero-order valence-corrected chi connectivity index (χ0v) is 17.7. The number of rotatable bonds is 3. The number of carbonyl (C=O) groups is 2. The van der Waals surface area contributed by atoms with Crippen LogP contribution in [0.25, 0.3) is 0 Å². The van der Waals surface area contributed by atoms with Gasteiger partial charge in [0.1, 0.15) is 40.7 Å². The average Bonchev–Trinajstić information content (AvgIpc) is 2.65. The van der Waals surface area contributed by atoms with Crippen molar-refractivity contribution in [2.45, 2.75) is 64.2 Å². The summed E-state index contributed by atoms with van der Waals surface area (Å²) in [7, 11) is 0. The lowest BCUT2D eigenvalue weighted by Gasteiger charge is -2.46. The van der Waals surface area contributed by atoms with Crippen molar-refractivity contribution in [1.29, 1.82) is 5.26 Å². The molecule has 2 aliphatic rings. The Labute approximate surface area is 179 Å². The van der Waals surface area contributed by atoms with Crippen molar-refractivity contribution in [2.75, 3.05) is 6.54 Å². The molecule has 0 unspecified atom stereocenters. The van der Waals surface area contributed by atoms with Crippen molar-refractivity contribution in [2.24, 2.45) is 11.8 Å². The van der Waals surface area contributed by atoms with Crippen molar-refractivity contribution in [3.8, 4) is 11.8 Å². The number of nitriles is 1. The Balaban J connectivity index is 1.73. The van der Waals surface area contributed by atoms with E-state index in [0.717, 1.165) is 6.07 Å². The fourth-order valence-electron chi connectivity index (χ4n) is 4.40. The van der Waals surface area contributed by atoms with Gasteiger partial charge in [0.2, 0.25) is 0 Å². The number of ether oxygens (including phenoxy) is 2. The number of piperidine rings is 1. The number of halogens is 2. The van der Waals surface area contributed by atoms with Crippen LogP contribution < -0.4 is 4.74 Å². The molecule has 1 heterocycles. The zero-order valence-electron chi connectivity index (χ0n) is 17.7. The highest BCUT2D eigenvalue weighted by Crippen LogP contribution is 2.41. The van der Waals surface area contributed by atoms with Gasteiger partial charge in [0.25, 0.3) is 0 Å². The van der Waals surface area contributed by atoms with Crippen LogP contribution >= 0.6 is 0 Å². The van der Waals surface area contributed by atoms with Crippen LogP contribution in [0.1, 0.15) is 52.0 Å². The molecule has 1 aromatic rings. The van der Waals surface area contributed by atoms with Crippen LogP contribution in [0.5, 0.6) is 5.75 Å². The molecule has 4 atom stereocenters. The fourth-order valence-corrected chi connectivity index (χ4v) is 4.40. The summed E-state index contributed by atoms with van der Waals surface area (Å²) >= 11 is 0. The van der Waals surface area contributed by atoms with E-state index in [1.54, 1.807) is 26.8 Å². The summed E-state index contributed by atoms with van der Waals surface area (Å²) in [5.41, 5.74) is -1.09. The lowest BCUT2D eigenvalue weighted by atomic mass is 9.72. The number of likely N-dealkylation sites (tertiary alicyclic amines) is 1. The Morgan fingerprint density at radius 3 is 2.52 bits per heavy atom. The van der Waals surface area contributed by atoms with Crippen molar-refractivity contribution >= 4 is 12.1 Å². The van der Waals surface area contributed by atoms with Crippen LogP contribution in [0.4, 0.5) is 13.6 Å². The van der Waals surface area contributed by atoms with E-state index in [4.69, 9.17) is 14.7 Å². The van der Waals surface area contributed by atoms with E-state index in [0.29, 0.717) is 25.3 Å². The molecule has 1 N–H and O–H groups in total. The van der Waals surface area contributed by atoms with Gasteiger partial charge < -0.3 is 14.6 Å². The number of hydrogen-bond donors (Lipinski definition) is 1. The third-order valence-electron chi connectivity index (χ3n) is 5.76. The Kier molecular flexibility index (Phi) is 6.39. The van der Waals surface area contributed by atoms with Crippen LogP contribution in [-0.2, 0) is 9.53 Å².